The van der Waals surface area contributed by atoms with E-state index >= 15 is 0 Å². The van der Waals surface area contributed by atoms with Crippen molar-refractivity contribution < 1.29 is 28.6 Å². The van der Waals surface area contributed by atoms with Gasteiger partial charge in [-0.2, -0.15) is 0 Å². The van der Waals surface area contributed by atoms with Gasteiger partial charge in [0, 0.05) is 19.3 Å². The lowest BCUT2D eigenvalue weighted by molar-refractivity contribution is -0.166. The average Bonchev–Trinajstić information content (AvgIpc) is 3.34. The monoisotopic (exact) mass is 945 g/mol. The summed E-state index contributed by atoms with van der Waals surface area (Å²) in [7, 11) is 0. The molecule has 0 saturated heterocycles. The molecule has 0 rings (SSSR count). The Morgan fingerprint density at radius 3 is 1.03 bits per heavy atom. The van der Waals surface area contributed by atoms with E-state index in [9.17, 15) is 14.4 Å². The largest absolute Gasteiger partial charge is 0.462 e. The van der Waals surface area contributed by atoms with Crippen molar-refractivity contribution in [3.63, 3.8) is 0 Å². The fourth-order valence-electron chi connectivity index (χ4n) is 7.57. The summed E-state index contributed by atoms with van der Waals surface area (Å²) >= 11 is 0. The summed E-state index contributed by atoms with van der Waals surface area (Å²) in [5.41, 5.74) is 0. The number of hydrogen-bond acceptors (Lipinski definition) is 6. The Labute approximate surface area is 419 Å². The summed E-state index contributed by atoms with van der Waals surface area (Å²) in [4.78, 5) is 38.1. The van der Waals surface area contributed by atoms with E-state index in [-0.39, 0.29) is 37.5 Å². The molecule has 0 aliphatic carbocycles. The average molecular weight is 946 g/mol. The second-order valence-electron chi connectivity index (χ2n) is 18.5. The molecule has 1 atom stereocenters. The lowest BCUT2D eigenvalue weighted by atomic mass is 10.1. The molecule has 0 aromatic carbocycles. The molecule has 6 nitrogen and oxygen atoms in total. The molecule has 0 aliphatic rings. The van der Waals surface area contributed by atoms with Crippen LogP contribution in [0.3, 0.4) is 0 Å². The Bertz CT molecular complexity index is 1360. The second-order valence-corrected chi connectivity index (χ2v) is 18.5. The van der Waals surface area contributed by atoms with Crippen LogP contribution in [0, 0.1) is 0 Å². The SMILES string of the molecule is CC/C=C\C/C=C\C/C=C\C/C=C\CCC(=O)OCC(COC(=O)CCCCCCCC/C=C\C/C=C\C/C=C\CCCCC)OC(=O)CCCCCCCCC/C=C\CCCCCCCCC. The van der Waals surface area contributed by atoms with Crippen molar-refractivity contribution in [3.8, 4) is 0 Å². The Hall–Kier alpha value is -3.67. The van der Waals surface area contributed by atoms with E-state index in [1.165, 1.54) is 122 Å². The van der Waals surface area contributed by atoms with E-state index in [2.05, 4.69) is 112 Å². The molecule has 6 heteroatoms. The van der Waals surface area contributed by atoms with E-state index < -0.39 is 6.10 Å². The first-order valence-electron chi connectivity index (χ1n) is 28.2. The van der Waals surface area contributed by atoms with Crippen LogP contribution in [-0.2, 0) is 28.6 Å². The van der Waals surface area contributed by atoms with Crippen molar-refractivity contribution in [1.82, 2.24) is 0 Å². The highest BCUT2D eigenvalue weighted by Gasteiger charge is 2.19. The van der Waals surface area contributed by atoms with Crippen molar-refractivity contribution in [2.75, 3.05) is 13.2 Å². The number of hydrogen-bond donors (Lipinski definition) is 0. The third kappa shape index (κ3) is 53.3. The maximum absolute atomic E-state index is 12.8. The zero-order chi connectivity index (χ0) is 49.3. The smallest absolute Gasteiger partial charge is 0.306 e. The molecule has 0 aliphatic heterocycles. The number of unbranched alkanes of at least 4 members (excludes halogenated alkanes) is 23. The third-order valence-electron chi connectivity index (χ3n) is 11.8. The molecule has 0 bridgehead atoms. The molecule has 0 aromatic heterocycles. The van der Waals surface area contributed by atoms with Crippen LogP contribution < -0.4 is 0 Å². The lowest BCUT2D eigenvalue weighted by Crippen LogP contribution is -2.30. The van der Waals surface area contributed by atoms with E-state index in [4.69, 9.17) is 14.2 Å². The molecule has 0 saturated carbocycles. The van der Waals surface area contributed by atoms with Gasteiger partial charge in [-0.1, -0.05) is 227 Å². The maximum Gasteiger partial charge on any atom is 0.306 e. The van der Waals surface area contributed by atoms with Crippen LogP contribution in [0.4, 0.5) is 0 Å². The lowest BCUT2D eigenvalue weighted by Gasteiger charge is -2.18. The fourth-order valence-corrected chi connectivity index (χ4v) is 7.57. The van der Waals surface area contributed by atoms with Crippen molar-refractivity contribution >= 4 is 17.9 Å². The van der Waals surface area contributed by atoms with Gasteiger partial charge in [-0.15, -0.1) is 0 Å². The van der Waals surface area contributed by atoms with Gasteiger partial charge in [0.05, 0.1) is 0 Å². The Morgan fingerprint density at radius 2 is 0.603 bits per heavy atom. The first kappa shape index (κ1) is 64.3. The van der Waals surface area contributed by atoms with E-state index in [0.29, 0.717) is 19.3 Å². The highest BCUT2D eigenvalue weighted by atomic mass is 16.6. The number of rotatable bonds is 50. The van der Waals surface area contributed by atoms with Crippen molar-refractivity contribution in [3.05, 3.63) is 97.2 Å². The van der Waals surface area contributed by atoms with Crippen LogP contribution in [0.2, 0.25) is 0 Å². The first-order chi connectivity index (χ1) is 33.5. The molecule has 1 unspecified atom stereocenters. The minimum Gasteiger partial charge on any atom is -0.462 e. The Balaban J connectivity index is 4.46. The molecule has 0 aromatic rings. The highest BCUT2D eigenvalue weighted by molar-refractivity contribution is 5.71. The van der Waals surface area contributed by atoms with Crippen LogP contribution in [0.1, 0.15) is 258 Å². The summed E-state index contributed by atoms with van der Waals surface area (Å²) in [6, 6.07) is 0. The second kappa shape index (κ2) is 55.9. The number of ether oxygens (including phenoxy) is 3. The molecule has 0 spiro atoms. The third-order valence-corrected chi connectivity index (χ3v) is 11.8. The van der Waals surface area contributed by atoms with Crippen LogP contribution >= 0.6 is 0 Å². The van der Waals surface area contributed by atoms with Crippen LogP contribution in [0.15, 0.2) is 97.2 Å². The Kier molecular flexibility index (Phi) is 52.9. The number of allylic oxidation sites excluding steroid dienone is 16. The van der Waals surface area contributed by atoms with Gasteiger partial charge in [0.25, 0.3) is 0 Å². The minimum atomic E-state index is -0.815. The maximum atomic E-state index is 12.8. The van der Waals surface area contributed by atoms with Gasteiger partial charge >= 0.3 is 17.9 Å². The van der Waals surface area contributed by atoms with Gasteiger partial charge in [-0.3, -0.25) is 14.4 Å². The molecule has 388 valence electrons. The molecule has 0 heterocycles. The summed E-state index contributed by atoms with van der Waals surface area (Å²) in [5, 5.41) is 0. The van der Waals surface area contributed by atoms with Crippen LogP contribution in [-0.4, -0.2) is 37.2 Å². The van der Waals surface area contributed by atoms with Crippen molar-refractivity contribution in [2.24, 2.45) is 0 Å². The van der Waals surface area contributed by atoms with Gasteiger partial charge < -0.3 is 14.2 Å². The van der Waals surface area contributed by atoms with Crippen LogP contribution in [0.25, 0.3) is 0 Å². The fraction of sp³-hybridized carbons (Fsp3) is 0.694. The minimum absolute atomic E-state index is 0.109. The standard InChI is InChI=1S/C62H104O6/c1-4-7-10-13-16-19-22-25-27-29-31-33-34-37-40-43-46-49-52-55-61(64)67-58-59(57-66-60(63)54-51-48-45-42-39-36-24-21-18-15-12-9-6-3)68-62(65)56-53-50-47-44-41-38-35-32-30-28-26-23-20-17-14-11-8-5-2/h9,12,16,18-19,21,25,27-28,30-31,33,36,39,45,48,59H,4-8,10-11,13-15,17,20,22-24,26,29,32,34-35,37-38,40-44,46-47,49-58H2,1-3H3/b12-9-,19-16-,21-18-,27-25-,30-28-,33-31-,39-36-,48-45-. The quantitative estimate of drug-likeness (QED) is 0.0262. The Morgan fingerprint density at radius 1 is 0.309 bits per heavy atom. The number of carbonyl (C=O) groups is 3. The van der Waals surface area contributed by atoms with Gasteiger partial charge in [0.1, 0.15) is 13.2 Å². The van der Waals surface area contributed by atoms with E-state index in [0.717, 1.165) is 89.9 Å². The molecule has 0 fully saturated rings. The van der Waals surface area contributed by atoms with E-state index in [1.54, 1.807) is 0 Å². The van der Waals surface area contributed by atoms with Crippen molar-refractivity contribution in [1.29, 1.82) is 0 Å². The molecular weight excluding hydrogens is 841 g/mol. The van der Waals surface area contributed by atoms with Gasteiger partial charge in [-0.25, -0.2) is 0 Å². The molecular formula is C62H104O6. The van der Waals surface area contributed by atoms with E-state index in [1.807, 2.05) is 6.08 Å². The number of carbonyl (C=O) groups excluding carboxylic acids is 3. The molecule has 68 heavy (non-hydrogen) atoms. The zero-order valence-electron chi connectivity index (χ0n) is 44.3. The van der Waals surface area contributed by atoms with Gasteiger partial charge in [0.15, 0.2) is 6.10 Å². The molecule has 0 amide bonds. The normalized spacial score (nSPS) is 12.8. The van der Waals surface area contributed by atoms with Crippen molar-refractivity contribution in [2.45, 2.75) is 264 Å². The summed E-state index contributed by atoms with van der Waals surface area (Å²) in [6.45, 7) is 6.42. The number of esters is 3. The molecule has 0 N–H and O–H groups in total. The predicted molar refractivity (Wildman–Crippen MR) is 293 cm³/mol. The summed E-state index contributed by atoms with van der Waals surface area (Å²) in [6.07, 6.45) is 74.1. The molecule has 0 radical (unpaired) electrons. The highest BCUT2D eigenvalue weighted by Crippen LogP contribution is 2.14. The van der Waals surface area contributed by atoms with Crippen LogP contribution in [0.5, 0.6) is 0 Å². The first-order valence-corrected chi connectivity index (χ1v) is 28.2. The van der Waals surface area contributed by atoms with Gasteiger partial charge in [-0.05, 0) is 109 Å². The predicted octanol–water partition coefficient (Wildman–Crippen LogP) is 18.9. The zero-order valence-corrected chi connectivity index (χ0v) is 44.3. The summed E-state index contributed by atoms with van der Waals surface area (Å²) in [5.74, 6) is -1.01. The topological polar surface area (TPSA) is 78.9 Å². The van der Waals surface area contributed by atoms with Gasteiger partial charge in [0.2, 0.25) is 0 Å². The summed E-state index contributed by atoms with van der Waals surface area (Å²) < 4.78 is 16.8.